The highest BCUT2D eigenvalue weighted by Crippen LogP contribution is 2.27. The van der Waals surface area contributed by atoms with E-state index in [-0.39, 0.29) is 6.54 Å². The average molecular weight is 376 g/mol. The first-order chi connectivity index (χ1) is 9.81. The molecular weight excluding hydrogens is 366 g/mol. The van der Waals surface area contributed by atoms with Gasteiger partial charge < -0.3 is 4.57 Å². The lowest BCUT2D eigenvalue weighted by atomic mass is 10.3. The zero-order chi connectivity index (χ0) is 15.6. The smallest absolute Gasteiger partial charge is 0.289 e. The van der Waals surface area contributed by atoms with Crippen molar-refractivity contribution in [2.24, 2.45) is 7.05 Å². The molecule has 0 aliphatic carbocycles. The first-order valence-corrected chi connectivity index (χ1v) is 7.85. The molecule has 0 aliphatic heterocycles. The summed E-state index contributed by atoms with van der Waals surface area (Å²) < 4.78 is 28.7. The number of aromatic nitrogens is 3. The Labute approximate surface area is 128 Å². The largest absolute Gasteiger partial charge is 0.320 e. The van der Waals surface area contributed by atoms with Crippen LogP contribution in [0.1, 0.15) is 5.82 Å². The Morgan fingerprint density at radius 2 is 2.19 bits per heavy atom. The van der Waals surface area contributed by atoms with Gasteiger partial charge in [-0.2, -0.15) is 0 Å². The highest BCUT2D eigenvalue weighted by Gasteiger charge is 2.26. The number of nitrogens with zero attached hydrogens (tertiary/aromatic N) is 4. The van der Waals surface area contributed by atoms with E-state index < -0.39 is 25.5 Å². The highest BCUT2D eigenvalue weighted by atomic mass is 79.9. The quantitative estimate of drug-likeness (QED) is 0.613. The summed E-state index contributed by atoms with van der Waals surface area (Å²) in [5.41, 5.74) is -0.497. The number of hydrogen-bond acceptors (Lipinski definition) is 6. The van der Waals surface area contributed by atoms with Crippen LogP contribution in [-0.2, 0) is 23.6 Å². The van der Waals surface area contributed by atoms with E-state index in [9.17, 15) is 18.5 Å². The summed E-state index contributed by atoms with van der Waals surface area (Å²) in [4.78, 5) is 9.78. The van der Waals surface area contributed by atoms with Crippen LogP contribution in [0.3, 0.4) is 0 Å². The van der Waals surface area contributed by atoms with Crippen LogP contribution in [0, 0.1) is 10.1 Å². The number of nitro benzene ring substituents is 1. The van der Waals surface area contributed by atoms with Gasteiger partial charge in [0.25, 0.3) is 5.69 Å². The molecule has 0 fully saturated rings. The van der Waals surface area contributed by atoms with Gasteiger partial charge in [-0.05, 0) is 12.1 Å². The minimum absolute atomic E-state index is 0.123. The Hall–Kier alpha value is -1.85. The van der Waals surface area contributed by atoms with Crippen molar-refractivity contribution in [2.45, 2.75) is 11.4 Å². The summed E-state index contributed by atoms with van der Waals surface area (Å²) >= 11 is 3.10. The molecule has 0 atom stereocenters. The van der Waals surface area contributed by atoms with Crippen molar-refractivity contribution in [2.75, 3.05) is 0 Å². The van der Waals surface area contributed by atoms with Gasteiger partial charge in [-0.25, -0.2) is 13.1 Å². The monoisotopic (exact) mass is 375 g/mol. The maximum Gasteiger partial charge on any atom is 0.289 e. The maximum absolute atomic E-state index is 12.2. The molecule has 21 heavy (non-hydrogen) atoms. The van der Waals surface area contributed by atoms with Gasteiger partial charge in [0.1, 0.15) is 12.2 Å². The van der Waals surface area contributed by atoms with Crippen molar-refractivity contribution >= 4 is 31.6 Å². The lowest BCUT2D eigenvalue weighted by molar-refractivity contribution is -0.387. The van der Waals surface area contributed by atoms with Crippen molar-refractivity contribution < 1.29 is 13.3 Å². The molecule has 1 heterocycles. The summed E-state index contributed by atoms with van der Waals surface area (Å²) in [6, 6.07) is 3.71. The number of rotatable bonds is 5. The normalized spacial score (nSPS) is 11.5. The Morgan fingerprint density at radius 1 is 1.48 bits per heavy atom. The third-order valence-corrected chi connectivity index (χ3v) is 4.56. The third kappa shape index (κ3) is 3.43. The molecule has 0 saturated carbocycles. The van der Waals surface area contributed by atoms with Crippen LogP contribution in [-0.4, -0.2) is 28.1 Å². The molecule has 1 aromatic carbocycles. The zero-order valence-electron chi connectivity index (χ0n) is 10.7. The van der Waals surface area contributed by atoms with Gasteiger partial charge in [0.2, 0.25) is 10.0 Å². The summed E-state index contributed by atoms with van der Waals surface area (Å²) in [5.74, 6) is 0.385. The molecule has 2 rings (SSSR count). The average Bonchev–Trinajstić information content (AvgIpc) is 2.81. The molecule has 1 N–H and O–H groups in total. The van der Waals surface area contributed by atoms with Crippen molar-refractivity contribution in [3.8, 4) is 0 Å². The number of halogens is 1. The summed E-state index contributed by atoms with van der Waals surface area (Å²) in [5, 5.41) is 18.3. The van der Waals surface area contributed by atoms with E-state index in [0.29, 0.717) is 10.3 Å². The second-order valence-electron chi connectivity index (χ2n) is 4.05. The van der Waals surface area contributed by atoms with Crippen LogP contribution in [0.4, 0.5) is 5.69 Å². The zero-order valence-corrected chi connectivity index (χ0v) is 13.1. The van der Waals surface area contributed by atoms with Gasteiger partial charge >= 0.3 is 0 Å². The molecule has 0 radical (unpaired) electrons. The molecule has 0 saturated heterocycles. The summed E-state index contributed by atoms with van der Waals surface area (Å²) in [7, 11) is -2.40. The number of sulfonamides is 1. The minimum Gasteiger partial charge on any atom is -0.320 e. The van der Waals surface area contributed by atoms with Crippen LogP contribution in [0.5, 0.6) is 0 Å². The van der Waals surface area contributed by atoms with Crippen molar-refractivity contribution in [1.29, 1.82) is 0 Å². The van der Waals surface area contributed by atoms with E-state index in [0.717, 1.165) is 6.07 Å². The van der Waals surface area contributed by atoms with E-state index in [1.165, 1.54) is 23.0 Å². The number of aryl methyl sites for hydroxylation is 1. The fourth-order valence-corrected chi connectivity index (χ4v) is 3.25. The predicted octanol–water partition coefficient (Wildman–Crippen LogP) is 0.964. The number of nitrogens with one attached hydrogen (secondary N) is 1. The molecular formula is C10H10BrN5O4S. The van der Waals surface area contributed by atoms with Gasteiger partial charge in [0.05, 0.1) is 11.5 Å². The van der Waals surface area contributed by atoms with Crippen LogP contribution in [0.2, 0.25) is 0 Å². The van der Waals surface area contributed by atoms with Crippen LogP contribution in [0.25, 0.3) is 0 Å². The first kappa shape index (κ1) is 15.5. The standard InChI is InChI=1S/C10H10BrN5O4S/c1-15-6-12-14-10(15)5-13-21(19,20)9-4-7(11)2-3-8(9)16(17)18/h2-4,6,13H,5H2,1H3. The van der Waals surface area contributed by atoms with E-state index >= 15 is 0 Å². The molecule has 0 spiro atoms. The molecule has 11 heteroatoms. The molecule has 0 unspecified atom stereocenters. The Morgan fingerprint density at radius 3 is 2.76 bits per heavy atom. The summed E-state index contributed by atoms with van der Waals surface area (Å²) in [6.45, 7) is -0.123. The summed E-state index contributed by atoms with van der Waals surface area (Å²) in [6.07, 6.45) is 1.42. The van der Waals surface area contributed by atoms with Crippen LogP contribution in [0.15, 0.2) is 33.9 Å². The minimum atomic E-state index is -4.05. The van der Waals surface area contributed by atoms with Gasteiger partial charge in [0, 0.05) is 17.6 Å². The van der Waals surface area contributed by atoms with Crippen molar-refractivity contribution in [1.82, 2.24) is 19.5 Å². The number of benzene rings is 1. The lowest BCUT2D eigenvalue weighted by Gasteiger charge is -2.07. The SMILES string of the molecule is Cn1cnnc1CNS(=O)(=O)c1cc(Br)ccc1[N+](=O)[O-]. The second kappa shape index (κ2) is 5.87. The Bertz CT molecular complexity index is 788. The molecule has 0 bridgehead atoms. The number of hydrogen-bond donors (Lipinski definition) is 1. The fraction of sp³-hybridized carbons (Fsp3) is 0.200. The van der Waals surface area contributed by atoms with Gasteiger partial charge in [-0.1, -0.05) is 15.9 Å². The van der Waals surface area contributed by atoms with Crippen molar-refractivity contribution in [3.05, 3.63) is 44.9 Å². The molecule has 9 nitrogen and oxygen atoms in total. The first-order valence-electron chi connectivity index (χ1n) is 5.58. The molecule has 1 aromatic heterocycles. The second-order valence-corrected chi connectivity index (χ2v) is 6.70. The van der Waals surface area contributed by atoms with E-state index in [2.05, 4.69) is 30.8 Å². The molecule has 112 valence electrons. The number of nitro groups is 1. The van der Waals surface area contributed by atoms with Crippen LogP contribution < -0.4 is 4.72 Å². The Balaban J connectivity index is 2.33. The fourth-order valence-electron chi connectivity index (χ4n) is 1.56. The van der Waals surface area contributed by atoms with Gasteiger partial charge in [0.15, 0.2) is 4.90 Å². The van der Waals surface area contributed by atoms with E-state index in [4.69, 9.17) is 0 Å². The predicted molar refractivity (Wildman–Crippen MR) is 75.8 cm³/mol. The third-order valence-electron chi connectivity index (χ3n) is 2.63. The maximum atomic E-state index is 12.2. The van der Waals surface area contributed by atoms with E-state index in [1.807, 2.05) is 0 Å². The Kier molecular flexibility index (Phi) is 4.34. The van der Waals surface area contributed by atoms with Gasteiger partial charge in [-0.15, -0.1) is 10.2 Å². The lowest BCUT2D eigenvalue weighted by Crippen LogP contribution is -2.25. The van der Waals surface area contributed by atoms with Crippen LogP contribution >= 0.6 is 15.9 Å². The topological polar surface area (TPSA) is 120 Å². The van der Waals surface area contributed by atoms with Gasteiger partial charge in [-0.3, -0.25) is 10.1 Å². The molecule has 0 amide bonds. The molecule has 0 aliphatic rings. The van der Waals surface area contributed by atoms with E-state index in [1.54, 1.807) is 7.05 Å². The highest BCUT2D eigenvalue weighted by molar-refractivity contribution is 9.10. The van der Waals surface area contributed by atoms with Crippen molar-refractivity contribution in [3.63, 3.8) is 0 Å². The molecule has 2 aromatic rings.